The highest BCUT2D eigenvalue weighted by Gasteiger charge is 2.22. The van der Waals surface area contributed by atoms with Crippen molar-refractivity contribution >= 4 is 23.6 Å². The Morgan fingerprint density at radius 1 is 1.17 bits per heavy atom. The minimum absolute atomic E-state index is 0.0125. The fourth-order valence-corrected chi connectivity index (χ4v) is 2.50. The monoisotopic (exact) mass is 409 g/mol. The highest BCUT2D eigenvalue weighted by atomic mass is 16.5. The second-order valence-electron chi connectivity index (χ2n) is 7.00. The Labute approximate surface area is 173 Å². The first-order valence-corrected chi connectivity index (χ1v) is 9.51. The molecule has 0 aliphatic carbocycles. The number of hydrogen-bond acceptors (Lipinski definition) is 7. The van der Waals surface area contributed by atoms with E-state index in [0.29, 0.717) is 17.1 Å². The number of ether oxygens (including phenoxy) is 1. The van der Waals surface area contributed by atoms with Crippen LogP contribution < -0.4 is 5.32 Å². The van der Waals surface area contributed by atoms with Gasteiger partial charge in [0.05, 0.1) is 6.26 Å². The lowest BCUT2D eigenvalue weighted by Crippen LogP contribution is -2.38. The molecule has 0 saturated carbocycles. The molecular formula is C21H23N5O4. The number of esters is 1. The van der Waals surface area contributed by atoms with E-state index in [1.165, 1.54) is 17.0 Å². The van der Waals surface area contributed by atoms with Gasteiger partial charge in [0.2, 0.25) is 0 Å². The van der Waals surface area contributed by atoms with Gasteiger partial charge < -0.3 is 14.5 Å². The fourth-order valence-electron chi connectivity index (χ4n) is 2.50. The maximum atomic E-state index is 12.8. The molecule has 0 saturated heterocycles. The van der Waals surface area contributed by atoms with E-state index in [0.717, 1.165) is 0 Å². The van der Waals surface area contributed by atoms with Gasteiger partial charge in [-0.05, 0) is 35.4 Å². The molecule has 0 aliphatic rings. The van der Waals surface area contributed by atoms with Gasteiger partial charge in [-0.3, -0.25) is 4.79 Å². The first-order valence-electron chi connectivity index (χ1n) is 9.51. The van der Waals surface area contributed by atoms with E-state index in [1.54, 1.807) is 12.1 Å². The molecule has 3 aromatic rings. The number of rotatable bonds is 8. The number of benzene rings is 1. The largest absolute Gasteiger partial charge is 0.465 e. The van der Waals surface area contributed by atoms with Crippen LogP contribution in [0.1, 0.15) is 26.5 Å². The van der Waals surface area contributed by atoms with Crippen LogP contribution in [0.15, 0.2) is 53.1 Å². The van der Waals surface area contributed by atoms with Crippen LogP contribution in [0, 0.1) is 5.92 Å². The second kappa shape index (κ2) is 9.64. The summed E-state index contributed by atoms with van der Waals surface area (Å²) in [6.07, 6.45) is 2.94. The Hall–Kier alpha value is -3.75. The van der Waals surface area contributed by atoms with Gasteiger partial charge >= 0.3 is 5.97 Å². The standard InChI is InChI=1S/C21H23N5O4/c1-14(2)15(3)22-19(27)13-30-21(28)18(12-17-10-7-11-29-17)26-20(23-24-25-26)16-8-5-4-6-9-16/h4-12,14-15H,13H2,1-3H3,(H,22,27)/b18-12-/t15-/m1/s1. The van der Waals surface area contributed by atoms with E-state index in [9.17, 15) is 9.59 Å². The van der Waals surface area contributed by atoms with E-state index >= 15 is 0 Å². The highest BCUT2D eigenvalue weighted by Crippen LogP contribution is 2.21. The molecule has 1 amide bonds. The third kappa shape index (κ3) is 5.19. The Morgan fingerprint density at radius 2 is 1.93 bits per heavy atom. The van der Waals surface area contributed by atoms with Crippen LogP contribution in [0.4, 0.5) is 0 Å². The predicted octanol–water partition coefficient (Wildman–Crippen LogP) is 2.64. The summed E-state index contributed by atoms with van der Waals surface area (Å²) >= 11 is 0. The van der Waals surface area contributed by atoms with Crippen LogP contribution in [0.25, 0.3) is 23.2 Å². The predicted molar refractivity (Wildman–Crippen MR) is 110 cm³/mol. The summed E-state index contributed by atoms with van der Waals surface area (Å²) in [6, 6.07) is 12.5. The number of carbonyl (C=O) groups is 2. The summed E-state index contributed by atoms with van der Waals surface area (Å²) in [4.78, 5) is 25.0. The van der Waals surface area contributed by atoms with Crippen molar-refractivity contribution in [3.63, 3.8) is 0 Å². The molecule has 9 heteroatoms. The average Bonchev–Trinajstić information content (AvgIpc) is 3.42. The normalized spacial score (nSPS) is 12.6. The van der Waals surface area contributed by atoms with Crippen molar-refractivity contribution in [2.75, 3.05) is 6.61 Å². The SMILES string of the molecule is CC(C)[C@@H](C)NC(=O)COC(=O)/C(=C/c1ccco1)n1nnnc1-c1ccccc1. The summed E-state index contributed by atoms with van der Waals surface area (Å²) in [5.41, 5.74) is 0.725. The van der Waals surface area contributed by atoms with Crippen molar-refractivity contribution in [3.05, 3.63) is 54.5 Å². The maximum absolute atomic E-state index is 12.8. The average molecular weight is 409 g/mol. The van der Waals surface area contributed by atoms with Gasteiger partial charge in [-0.1, -0.05) is 44.2 Å². The third-order valence-electron chi connectivity index (χ3n) is 4.48. The van der Waals surface area contributed by atoms with Crippen molar-refractivity contribution in [1.29, 1.82) is 0 Å². The lowest BCUT2D eigenvalue weighted by atomic mass is 10.1. The number of nitrogens with one attached hydrogen (secondary N) is 1. The number of nitrogens with zero attached hydrogens (tertiary/aromatic N) is 4. The molecule has 0 unspecified atom stereocenters. The second-order valence-corrected chi connectivity index (χ2v) is 7.00. The quantitative estimate of drug-likeness (QED) is 0.449. The zero-order valence-electron chi connectivity index (χ0n) is 17.0. The van der Waals surface area contributed by atoms with Crippen LogP contribution in [-0.2, 0) is 14.3 Å². The van der Waals surface area contributed by atoms with Gasteiger partial charge in [0.15, 0.2) is 18.1 Å². The molecule has 0 aliphatic heterocycles. The Bertz CT molecular complexity index is 1010. The zero-order chi connectivity index (χ0) is 21.5. The summed E-state index contributed by atoms with van der Waals surface area (Å²) in [6.45, 7) is 5.45. The van der Waals surface area contributed by atoms with Crippen molar-refractivity contribution in [3.8, 4) is 11.4 Å². The van der Waals surface area contributed by atoms with Crippen molar-refractivity contribution in [2.24, 2.45) is 5.92 Å². The topological polar surface area (TPSA) is 112 Å². The van der Waals surface area contributed by atoms with E-state index in [4.69, 9.17) is 9.15 Å². The van der Waals surface area contributed by atoms with E-state index in [1.807, 2.05) is 51.1 Å². The van der Waals surface area contributed by atoms with Crippen molar-refractivity contribution in [1.82, 2.24) is 25.5 Å². The number of tetrazole rings is 1. The van der Waals surface area contributed by atoms with Gasteiger partial charge in [0.1, 0.15) is 5.76 Å². The van der Waals surface area contributed by atoms with E-state index < -0.39 is 12.6 Å². The highest BCUT2D eigenvalue weighted by molar-refractivity contribution is 6.15. The molecule has 0 bridgehead atoms. The molecule has 156 valence electrons. The van der Waals surface area contributed by atoms with E-state index in [2.05, 4.69) is 20.8 Å². The minimum atomic E-state index is -0.761. The molecule has 2 aromatic heterocycles. The number of furan rings is 1. The van der Waals surface area contributed by atoms with E-state index in [-0.39, 0.29) is 23.6 Å². The zero-order valence-corrected chi connectivity index (χ0v) is 17.0. The number of hydrogen-bond donors (Lipinski definition) is 1. The summed E-state index contributed by atoms with van der Waals surface area (Å²) < 4.78 is 11.8. The molecule has 2 heterocycles. The van der Waals surface area contributed by atoms with Crippen molar-refractivity contribution in [2.45, 2.75) is 26.8 Å². The molecule has 1 atom stereocenters. The fraction of sp³-hybridized carbons (Fsp3) is 0.286. The van der Waals surface area contributed by atoms with Gasteiger partial charge in [0.25, 0.3) is 5.91 Å². The number of carbonyl (C=O) groups excluding carboxylic acids is 2. The lowest BCUT2D eigenvalue weighted by molar-refractivity contribution is -0.143. The van der Waals surface area contributed by atoms with Crippen LogP contribution in [-0.4, -0.2) is 44.7 Å². The molecule has 9 nitrogen and oxygen atoms in total. The van der Waals surface area contributed by atoms with Crippen LogP contribution in [0.2, 0.25) is 0 Å². The van der Waals surface area contributed by atoms with Gasteiger partial charge in [-0.2, -0.15) is 4.68 Å². The number of amides is 1. The molecule has 0 radical (unpaired) electrons. The van der Waals surface area contributed by atoms with Crippen LogP contribution in [0.3, 0.4) is 0 Å². The molecule has 0 spiro atoms. The van der Waals surface area contributed by atoms with Crippen LogP contribution in [0.5, 0.6) is 0 Å². The van der Waals surface area contributed by atoms with Crippen LogP contribution >= 0.6 is 0 Å². The molecule has 1 aromatic carbocycles. The summed E-state index contributed by atoms with van der Waals surface area (Å²) in [7, 11) is 0. The Balaban J connectivity index is 1.84. The lowest BCUT2D eigenvalue weighted by Gasteiger charge is -2.17. The van der Waals surface area contributed by atoms with Gasteiger partial charge in [-0.15, -0.1) is 5.10 Å². The molecule has 3 rings (SSSR count). The molecule has 0 fully saturated rings. The van der Waals surface area contributed by atoms with Gasteiger partial charge in [-0.25, -0.2) is 4.79 Å². The Kier molecular flexibility index (Phi) is 6.74. The number of aromatic nitrogens is 4. The molecular weight excluding hydrogens is 386 g/mol. The summed E-state index contributed by atoms with van der Waals surface area (Å²) in [5, 5.41) is 14.4. The third-order valence-corrected chi connectivity index (χ3v) is 4.48. The smallest absolute Gasteiger partial charge is 0.357 e. The Morgan fingerprint density at radius 3 is 2.60 bits per heavy atom. The maximum Gasteiger partial charge on any atom is 0.357 e. The summed E-state index contributed by atoms with van der Waals surface area (Å²) in [5.74, 6) is -0.128. The molecule has 30 heavy (non-hydrogen) atoms. The molecule has 1 N–H and O–H groups in total. The first-order chi connectivity index (χ1) is 14.5. The van der Waals surface area contributed by atoms with Crippen molar-refractivity contribution < 1.29 is 18.7 Å². The first kappa shape index (κ1) is 21.0. The van der Waals surface area contributed by atoms with Gasteiger partial charge in [0, 0.05) is 17.7 Å². The minimum Gasteiger partial charge on any atom is -0.465 e.